The van der Waals surface area contributed by atoms with Crippen molar-refractivity contribution in [2.24, 2.45) is 0 Å². The fourth-order valence-electron chi connectivity index (χ4n) is 3.37. The SMILES string of the molecule is COc1cc(NC(=O)CN(C)C(c2ccccc2)c2ccccc2)cc(OC)c1. The number of ether oxygens (including phenoxy) is 2. The van der Waals surface area contributed by atoms with Crippen LogP contribution in [0.25, 0.3) is 0 Å². The van der Waals surface area contributed by atoms with E-state index in [4.69, 9.17) is 9.47 Å². The highest BCUT2D eigenvalue weighted by Gasteiger charge is 2.21. The first-order valence-corrected chi connectivity index (χ1v) is 9.43. The number of amides is 1. The highest BCUT2D eigenvalue weighted by molar-refractivity contribution is 5.92. The molecule has 0 aliphatic rings. The molecule has 0 spiro atoms. The lowest BCUT2D eigenvalue weighted by Crippen LogP contribution is -2.33. The van der Waals surface area contributed by atoms with E-state index in [-0.39, 0.29) is 18.5 Å². The molecule has 0 aromatic heterocycles. The summed E-state index contributed by atoms with van der Waals surface area (Å²) < 4.78 is 10.5. The lowest BCUT2D eigenvalue weighted by atomic mass is 9.97. The molecule has 3 rings (SSSR count). The van der Waals surface area contributed by atoms with Gasteiger partial charge in [0.25, 0.3) is 0 Å². The predicted octanol–water partition coefficient (Wildman–Crippen LogP) is 4.36. The van der Waals surface area contributed by atoms with E-state index in [1.165, 1.54) is 0 Å². The highest BCUT2D eigenvalue weighted by atomic mass is 16.5. The Morgan fingerprint density at radius 1 is 0.862 bits per heavy atom. The number of methoxy groups -OCH3 is 2. The maximum atomic E-state index is 12.8. The van der Waals surface area contributed by atoms with Crippen LogP contribution >= 0.6 is 0 Å². The molecule has 0 saturated heterocycles. The van der Waals surface area contributed by atoms with Crippen molar-refractivity contribution < 1.29 is 14.3 Å². The molecule has 0 atom stereocenters. The fourth-order valence-corrected chi connectivity index (χ4v) is 3.37. The first-order valence-electron chi connectivity index (χ1n) is 9.43. The number of anilines is 1. The van der Waals surface area contributed by atoms with Gasteiger partial charge < -0.3 is 14.8 Å². The number of hydrogen-bond donors (Lipinski definition) is 1. The fraction of sp³-hybridized carbons (Fsp3) is 0.208. The molecule has 1 amide bonds. The van der Waals surface area contributed by atoms with Gasteiger partial charge >= 0.3 is 0 Å². The number of benzene rings is 3. The van der Waals surface area contributed by atoms with Crippen LogP contribution < -0.4 is 14.8 Å². The molecule has 0 saturated carbocycles. The molecule has 0 radical (unpaired) electrons. The molecular weight excluding hydrogens is 364 g/mol. The van der Waals surface area contributed by atoms with Crippen LogP contribution in [0.1, 0.15) is 17.2 Å². The van der Waals surface area contributed by atoms with Gasteiger partial charge in [0.2, 0.25) is 5.91 Å². The zero-order valence-electron chi connectivity index (χ0n) is 17.0. The van der Waals surface area contributed by atoms with E-state index in [9.17, 15) is 4.79 Å². The van der Waals surface area contributed by atoms with Gasteiger partial charge in [-0.1, -0.05) is 60.7 Å². The molecule has 0 bridgehead atoms. The standard InChI is InChI=1S/C24H26N2O3/c1-26(17-23(27)25-20-14-21(28-2)16-22(15-20)29-3)24(18-10-6-4-7-11-18)19-12-8-5-9-13-19/h4-16,24H,17H2,1-3H3,(H,25,27). The molecule has 0 unspecified atom stereocenters. The number of carbonyl (C=O) groups is 1. The van der Waals surface area contributed by atoms with Crippen molar-refractivity contribution in [3.63, 3.8) is 0 Å². The Hall–Kier alpha value is -3.31. The van der Waals surface area contributed by atoms with Crippen LogP contribution in [-0.4, -0.2) is 38.6 Å². The predicted molar refractivity (Wildman–Crippen MR) is 116 cm³/mol. The van der Waals surface area contributed by atoms with Crippen molar-refractivity contribution in [2.45, 2.75) is 6.04 Å². The second-order valence-corrected chi connectivity index (χ2v) is 6.79. The Morgan fingerprint density at radius 3 is 1.79 bits per heavy atom. The molecule has 1 N–H and O–H groups in total. The summed E-state index contributed by atoms with van der Waals surface area (Å²) in [5.41, 5.74) is 2.91. The van der Waals surface area contributed by atoms with Gasteiger partial charge in [-0.25, -0.2) is 0 Å². The summed E-state index contributed by atoms with van der Waals surface area (Å²) in [6.45, 7) is 0.230. The molecule has 29 heavy (non-hydrogen) atoms. The summed E-state index contributed by atoms with van der Waals surface area (Å²) in [6.07, 6.45) is 0. The molecule has 5 nitrogen and oxygen atoms in total. The molecule has 0 aliphatic carbocycles. The van der Waals surface area contributed by atoms with Crippen molar-refractivity contribution in [3.05, 3.63) is 90.0 Å². The van der Waals surface area contributed by atoms with Crippen LogP contribution in [0.15, 0.2) is 78.9 Å². The van der Waals surface area contributed by atoms with Crippen LogP contribution in [0.5, 0.6) is 11.5 Å². The molecule has 3 aromatic carbocycles. The van der Waals surface area contributed by atoms with Crippen LogP contribution in [0.2, 0.25) is 0 Å². The van der Waals surface area contributed by atoms with Gasteiger partial charge in [0, 0.05) is 23.9 Å². The Kier molecular flexibility index (Phi) is 6.87. The number of likely N-dealkylation sites (N-methyl/N-ethyl adjacent to an activating group) is 1. The zero-order chi connectivity index (χ0) is 20.6. The monoisotopic (exact) mass is 390 g/mol. The zero-order valence-corrected chi connectivity index (χ0v) is 17.0. The third-order valence-corrected chi connectivity index (χ3v) is 4.70. The van der Waals surface area contributed by atoms with Crippen molar-refractivity contribution >= 4 is 11.6 Å². The largest absolute Gasteiger partial charge is 0.497 e. The summed E-state index contributed by atoms with van der Waals surface area (Å²) in [5, 5.41) is 2.94. The van der Waals surface area contributed by atoms with Crippen LogP contribution in [0, 0.1) is 0 Å². The van der Waals surface area contributed by atoms with E-state index >= 15 is 0 Å². The Morgan fingerprint density at radius 2 is 1.34 bits per heavy atom. The smallest absolute Gasteiger partial charge is 0.238 e. The first kappa shape index (κ1) is 20.4. The summed E-state index contributed by atoms with van der Waals surface area (Å²) in [7, 11) is 5.12. The number of rotatable bonds is 8. The molecule has 0 fully saturated rings. The average Bonchev–Trinajstić information content (AvgIpc) is 2.75. The number of hydrogen-bond acceptors (Lipinski definition) is 4. The van der Waals surface area contributed by atoms with Crippen molar-refractivity contribution in [1.82, 2.24) is 4.90 Å². The second kappa shape index (κ2) is 9.75. The molecule has 0 heterocycles. The molecular formula is C24H26N2O3. The van der Waals surface area contributed by atoms with E-state index in [1.807, 2.05) is 48.3 Å². The number of carbonyl (C=O) groups excluding carboxylic acids is 1. The Balaban J connectivity index is 1.78. The minimum absolute atomic E-state index is 0.0250. The van der Waals surface area contributed by atoms with E-state index in [0.29, 0.717) is 17.2 Å². The van der Waals surface area contributed by atoms with E-state index in [2.05, 4.69) is 29.6 Å². The van der Waals surface area contributed by atoms with Crippen LogP contribution in [-0.2, 0) is 4.79 Å². The van der Waals surface area contributed by atoms with E-state index in [1.54, 1.807) is 32.4 Å². The van der Waals surface area contributed by atoms with Crippen molar-refractivity contribution in [1.29, 1.82) is 0 Å². The van der Waals surface area contributed by atoms with Gasteiger partial charge in [-0.05, 0) is 18.2 Å². The molecule has 150 valence electrons. The minimum atomic E-state index is -0.111. The van der Waals surface area contributed by atoms with Crippen LogP contribution in [0.3, 0.4) is 0 Å². The van der Waals surface area contributed by atoms with Gasteiger partial charge in [-0.15, -0.1) is 0 Å². The van der Waals surface area contributed by atoms with Gasteiger partial charge in [0.15, 0.2) is 0 Å². The third kappa shape index (κ3) is 5.36. The minimum Gasteiger partial charge on any atom is -0.497 e. The van der Waals surface area contributed by atoms with Crippen LogP contribution in [0.4, 0.5) is 5.69 Å². The van der Waals surface area contributed by atoms with Crippen molar-refractivity contribution in [3.8, 4) is 11.5 Å². The quantitative estimate of drug-likeness (QED) is 0.621. The Labute approximate surface area is 171 Å². The Bertz CT molecular complexity index is 868. The summed E-state index contributed by atoms with van der Waals surface area (Å²) in [6, 6.07) is 25.7. The lowest BCUT2D eigenvalue weighted by molar-refractivity contribution is -0.117. The highest BCUT2D eigenvalue weighted by Crippen LogP contribution is 2.28. The molecule has 3 aromatic rings. The topological polar surface area (TPSA) is 50.8 Å². The first-order chi connectivity index (χ1) is 14.1. The number of nitrogens with one attached hydrogen (secondary N) is 1. The van der Waals surface area contributed by atoms with E-state index in [0.717, 1.165) is 11.1 Å². The van der Waals surface area contributed by atoms with Gasteiger partial charge in [0.1, 0.15) is 11.5 Å². The lowest BCUT2D eigenvalue weighted by Gasteiger charge is -2.28. The van der Waals surface area contributed by atoms with Gasteiger partial charge in [0.05, 0.1) is 26.8 Å². The van der Waals surface area contributed by atoms with Crippen molar-refractivity contribution in [2.75, 3.05) is 33.1 Å². The number of nitrogens with zero attached hydrogens (tertiary/aromatic N) is 1. The molecule has 0 aliphatic heterocycles. The maximum Gasteiger partial charge on any atom is 0.238 e. The summed E-state index contributed by atoms with van der Waals surface area (Å²) in [4.78, 5) is 14.8. The molecule has 5 heteroatoms. The summed E-state index contributed by atoms with van der Waals surface area (Å²) in [5.74, 6) is 1.14. The second-order valence-electron chi connectivity index (χ2n) is 6.79. The third-order valence-electron chi connectivity index (χ3n) is 4.70. The normalized spacial score (nSPS) is 10.8. The van der Waals surface area contributed by atoms with Gasteiger partial charge in [-0.3, -0.25) is 9.69 Å². The summed E-state index contributed by atoms with van der Waals surface area (Å²) >= 11 is 0. The van der Waals surface area contributed by atoms with E-state index < -0.39 is 0 Å². The maximum absolute atomic E-state index is 12.8. The van der Waals surface area contributed by atoms with Gasteiger partial charge in [-0.2, -0.15) is 0 Å². The average molecular weight is 390 g/mol.